The van der Waals surface area contributed by atoms with Crippen molar-refractivity contribution in [2.45, 2.75) is 118 Å². The van der Waals surface area contributed by atoms with E-state index >= 15 is 0 Å². The van der Waals surface area contributed by atoms with Crippen molar-refractivity contribution < 1.29 is 0 Å². The minimum absolute atomic E-state index is 0.899. The molecule has 0 bridgehead atoms. The van der Waals surface area contributed by atoms with Crippen LogP contribution in [0.5, 0.6) is 0 Å². The molecule has 20 heavy (non-hydrogen) atoms. The van der Waals surface area contributed by atoms with E-state index < -0.39 is 0 Å². The Morgan fingerprint density at radius 3 is 0.750 bits per heavy atom. The van der Waals surface area contributed by atoms with E-state index in [-0.39, 0.29) is 0 Å². The van der Waals surface area contributed by atoms with E-state index in [2.05, 4.69) is 27.7 Å². The van der Waals surface area contributed by atoms with E-state index in [4.69, 9.17) is 0 Å². The zero-order chi connectivity index (χ0) is 15.1. The van der Waals surface area contributed by atoms with Gasteiger partial charge in [0.05, 0.1) is 0 Å². The normalized spacial score (nSPS) is 11.7. The van der Waals surface area contributed by atoms with Crippen molar-refractivity contribution in [1.82, 2.24) is 0 Å². The van der Waals surface area contributed by atoms with Gasteiger partial charge in [-0.3, -0.25) is 0 Å². The van der Waals surface area contributed by atoms with Crippen molar-refractivity contribution in [3.63, 3.8) is 0 Å². The molecule has 0 amide bonds. The molecule has 0 radical (unpaired) electrons. The predicted octanol–water partition coefficient (Wildman–Crippen LogP) is 7.76. The highest BCUT2D eigenvalue weighted by molar-refractivity contribution is 4.51. The highest BCUT2D eigenvalue weighted by Crippen LogP contribution is 2.15. The smallest absolute Gasteiger partial charge is 0.0471 e. The van der Waals surface area contributed by atoms with Gasteiger partial charge in [-0.1, -0.05) is 118 Å². The first-order valence-electron chi connectivity index (χ1n) is 9.63. The third-order valence-electron chi connectivity index (χ3n) is 4.31. The maximum Gasteiger partial charge on any atom is -0.0471 e. The molecule has 0 spiro atoms. The Balaban J connectivity index is 2.96. The van der Waals surface area contributed by atoms with Gasteiger partial charge >= 0.3 is 0 Å². The van der Waals surface area contributed by atoms with Crippen molar-refractivity contribution in [2.24, 2.45) is 11.8 Å². The molecule has 0 atom stereocenters. The van der Waals surface area contributed by atoms with Gasteiger partial charge in [-0.2, -0.15) is 0 Å². The first kappa shape index (κ1) is 20.0. The molecule has 0 N–H and O–H groups in total. The summed E-state index contributed by atoms with van der Waals surface area (Å²) in [5.41, 5.74) is 0. The summed E-state index contributed by atoms with van der Waals surface area (Å²) in [5, 5.41) is 0. The Bertz CT molecular complexity index is 149. The summed E-state index contributed by atoms with van der Waals surface area (Å²) in [6, 6.07) is 0. The number of hydrogen-bond acceptors (Lipinski definition) is 0. The summed E-state index contributed by atoms with van der Waals surface area (Å²) in [5.74, 6) is 1.80. The van der Waals surface area contributed by atoms with Crippen LogP contribution in [-0.4, -0.2) is 0 Å². The summed E-state index contributed by atoms with van der Waals surface area (Å²) >= 11 is 0. The maximum atomic E-state index is 2.34. The Morgan fingerprint density at radius 2 is 0.550 bits per heavy atom. The van der Waals surface area contributed by atoms with Crippen molar-refractivity contribution >= 4 is 0 Å². The Labute approximate surface area is 130 Å². The van der Waals surface area contributed by atoms with E-state index in [0.717, 1.165) is 11.8 Å². The molecule has 0 aliphatic rings. The molecule has 0 aliphatic heterocycles. The SMILES string of the molecule is CC(C)CCCCCCCCCCCCCCC(C)C. The maximum absolute atomic E-state index is 2.34. The second kappa shape index (κ2) is 15.4. The molecular formula is C20H42. The van der Waals surface area contributed by atoms with Gasteiger partial charge in [-0.05, 0) is 11.8 Å². The monoisotopic (exact) mass is 282 g/mol. The Morgan fingerprint density at radius 1 is 0.350 bits per heavy atom. The minimum Gasteiger partial charge on any atom is -0.0628 e. The fourth-order valence-corrected chi connectivity index (χ4v) is 2.87. The molecule has 0 aromatic rings. The average molecular weight is 283 g/mol. The van der Waals surface area contributed by atoms with Crippen molar-refractivity contribution in [3.8, 4) is 0 Å². The Kier molecular flexibility index (Phi) is 15.4. The van der Waals surface area contributed by atoms with Crippen LogP contribution in [0.1, 0.15) is 118 Å². The van der Waals surface area contributed by atoms with Gasteiger partial charge in [-0.25, -0.2) is 0 Å². The molecule has 0 nitrogen and oxygen atoms in total. The van der Waals surface area contributed by atoms with Gasteiger partial charge < -0.3 is 0 Å². The molecule has 0 heterocycles. The van der Waals surface area contributed by atoms with Crippen LogP contribution >= 0.6 is 0 Å². The summed E-state index contributed by atoms with van der Waals surface area (Å²) in [4.78, 5) is 0. The lowest BCUT2D eigenvalue weighted by molar-refractivity contribution is 0.495. The third kappa shape index (κ3) is 18.0. The van der Waals surface area contributed by atoms with Crippen molar-refractivity contribution in [1.29, 1.82) is 0 Å². The molecule has 0 unspecified atom stereocenters. The molecule has 0 saturated heterocycles. The minimum atomic E-state index is 0.899. The Hall–Kier alpha value is 0. The quantitative estimate of drug-likeness (QED) is 0.269. The lowest BCUT2D eigenvalue weighted by Crippen LogP contribution is -1.88. The highest BCUT2D eigenvalue weighted by Gasteiger charge is 1.96. The van der Waals surface area contributed by atoms with Crippen molar-refractivity contribution in [3.05, 3.63) is 0 Å². The standard InChI is InChI=1S/C20H42/c1-19(2)17-15-13-11-9-7-5-6-8-10-12-14-16-18-20(3)4/h19-20H,5-18H2,1-4H3. The zero-order valence-electron chi connectivity index (χ0n) is 15.1. The second-order valence-corrected chi connectivity index (χ2v) is 7.61. The number of hydrogen-bond donors (Lipinski definition) is 0. The first-order valence-corrected chi connectivity index (χ1v) is 9.63. The largest absolute Gasteiger partial charge is 0.0628 e. The lowest BCUT2D eigenvalue weighted by atomic mass is 10.0. The van der Waals surface area contributed by atoms with Gasteiger partial charge in [0.25, 0.3) is 0 Å². The van der Waals surface area contributed by atoms with E-state index in [1.807, 2.05) is 0 Å². The topological polar surface area (TPSA) is 0 Å². The van der Waals surface area contributed by atoms with E-state index in [1.165, 1.54) is 89.9 Å². The van der Waals surface area contributed by atoms with Crippen LogP contribution in [0.2, 0.25) is 0 Å². The number of rotatable bonds is 15. The van der Waals surface area contributed by atoms with Gasteiger partial charge in [0.15, 0.2) is 0 Å². The van der Waals surface area contributed by atoms with Gasteiger partial charge in [0.2, 0.25) is 0 Å². The van der Waals surface area contributed by atoms with E-state index in [9.17, 15) is 0 Å². The van der Waals surface area contributed by atoms with E-state index in [0.29, 0.717) is 0 Å². The molecule has 122 valence electrons. The summed E-state index contributed by atoms with van der Waals surface area (Å²) < 4.78 is 0. The number of unbranched alkanes of at least 4 members (excludes halogenated alkanes) is 11. The van der Waals surface area contributed by atoms with E-state index in [1.54, 1.807) is 0 Å². The second-order valence-electron chi connectivity index (χ2n) is 7.61. The zero-order valence-corrected chi connectivity index (χ0v) is 15.1. The fraction of sp³-hybridized carbons (Fsp3) is 1.00. The highest BCUT2D eigenvalue weighted by atomic mass is 14.0. The summed E-state index contributed by atoms with van der Waals surface area (Å²) in [6.07, 6.45) is 20.5. The van der Waals surface area contributed by atoms with Crippen LogP contribution in [0.15, 0.2) is 0 Å². The van der Waals surface area contributed by atoms with Crippen LogP contribution in [0.25, 0.3) is 0 Å². The molecule has 0 aromatic carbocycles. The predicted molar refractivity (Wildman–Crippen MR) is 94.3 cm³/mol. The van der Waals surface area contributed by atoms with Gasteiger partial charge in [0, 0.05) is 0 Å². The first-order chi connectivity index (χ1) is 9.63. The molecule has 0 aliphatic carbocycles. The van der Waals surface area contributed by atoms with Crippen LogP contribution < -0.4 is 0 Å². The van der Waals surface area contributed by atoms with Crippen LogP contribution in [-0.2, 0) is 0 Å². The molecular weight excluding hydrogens is 240 g/mol. The summed E-state index contributed by atoms with van der Waals surface area (Å²) in [6.45, 7) is 9.34. The molecule has 0 fully saturated rings. The van der Waals surface area contributed by atoms with Gasteiger partial charge in [-0.15, -0.1) is 0 Å². The van der Waals surface area contributed by atoms with Gasteiger partial charge in [0.1, 0.15) is 0 Å². The average Bonchev–Trinajstić information content (AvgIpc) is 2.38. The molecule has 0 saturated carbocycles. The third-order valence-corrected chi connectivity index (χ3v) is 4.31. The fourth-order valence-electron chi connectivity index (χ4n) is 2.87. The van der Waals surface area contributed by atoms with Crippen molar-refractivity contribution in [2.75, 3.05) is 0 Å². The van der Waals surface area contributed by atoms with Crippen LogP contribution in [0.3, 0.4) is 0 Å². The molecule has 0 aromatic heterocycles. The summed E-state index contributed by atoms with van der Waals surface area (Å²) in [7, 11) is 0. The molecule has 0 rings (SSSR count). The lowest BCUT2D eigenvalue weighted by Gasteiger charge is -2.05. The van der Waals surface area contributed by atoms with Crippen LogP contribution in [0.4, 0.5) is 0 Å². The molecule has 0 heteroatoms. The van der Waals surface area contributed by atoms with Crippen LogP contribution in [0, 0.1) is 11.8 Å².